The fraction of sp³-hybridized carbons (Fsp3) is 0.421. The van der Waals surface area contributed by atoms with Gasteiger partial charge in [0.05, 0.1) is 17.9 Å². The molecular formula is C19H27N5O5. The number of nitrogens with zero attached hydrogens (tertiary/aromatic N) is 2. The molecule has 1 aromatic carbocycles. The molecule has 0 aliphatic rings. The number of para-hydroxylation sites is 1. The fourth-order valence-electron chi connectivity index (χ4n) is 2.76. The van der Waals surface area contributed by atoms with E-state index in [4.69, 9.17) is 4.74 Å². The van der Waals surface area contributed by atoms with Crippen molar-refractivity contribution in [1.29, 1.82) is 0 Å². The molecule has 29 heavy (non-hydrogen) atoms. The molecule has 0 radical (unpaired) electrons. The third kappa shape index (κ3) is 4.77. The van der Waals surface area contributed by atoms with Crippen molar-refractivity contribution in [1.82, 2.24) is 14.7 Å². The number of hydrogen-bond donors (Lipinski definition) is 4. The van der Waals surface area contributed by atoms with Crippen LogP contribution in [0.2, 0.25) is 0 Å². The lowest BCUT2D eigenvalue weighted by Crippen LogP contribution is -2.35. The van der Waals surface area contributed by atoms with Gasteiger partial charge in [-0.15, -0.1) is 0 Å². The summed E-state index contributed by atoms with van der Waals surface area (Å²) < 4.78 is 6.22. The predicted molar refractivity (Wildman–Crippen MR) is 111 cm³/mol. The summed E-state index contributed by atoms with van der Waals surface area (Å²) in [6, 6.07) is 4.35. The molecule has 0 fully saturated rings. The van der Waals surface area contributed by atoms with Crippen LogP contribution in [0.3, 0.4) is 0 Å². The van der Waals surface area contributed by atoms with Crippen LogP contribution in [-0.2, 0) is 11.8 Å². The van der Waals surface area contributed by atoms with E-state index in [0.717, 1.165) is 4.68 Å². The number of ether oxygens (including phenoxy) is 1. The first-order valence-corrected chi connectivity index (χ1v) is 9.10. The Balaban J connectivity index is 2.55. The van der Waals surface area contributed by atoms with Gasteiger partial charge in [0.15, 0.2) is 5.75 Å². The summed E-state index contributed by atoms with van der Waals surface area (Å²) in [6.07, 6.45) is 0.654. The molecule has 1 atom stereocenters. The molecule has 0 spiro atoms. The van der Waals surface area contributed by atoms with Crippen LogP contribution < -0.4 is 21.8 Å². The zero-order valence-corrected chi connectivity index (χ0v) is 17.2. The fourth-order valence-corrected chi connectivity index (χ4v) is 2.76. The number of aromatic nitrogens is 2. The molecule has 2 rings (SSSR count). The van der Waals surface area contributed by atoms with E-state index in [2.05, 4.69) is 15.7 Å². The number of hydrogen-bond acceptors (Lipinski definition) is 7. The van der Waals surface area contributed by atoms with Crippen molar-refractivity contribution in [2.24, 2.45) is 7.05 Å². The number of phenolic OH excluding ortho intramolecular Hbond substituents is 1. The third-order valence-corrected chi connectivity index (χ3v) is 4.41. The van der Waals surface area contributed by atoms with Crippen molar-refractivity contribution in [3.8, 4) is 5.75 Å². The number of aromatic hydroxyl groups is 1. The summed E-state index contributed by atoms with van der Waals surface area (Å²) in [5, 5.41) is 18.8. The average molecular weight is 405 g/mol. The molecule has 1 unspecified atom stereocenters. The van der Waals surface area contributed by atoms with Crippen LogP contribution in [0.25, 0.3) is 0 Å². The van der Waals surface area contributed by atoms with Gasteiger partial charge in [0.25, 0.3) is 17.0 Å². The number of anilines is 3. The molecule has 158 valence electrons. The van der Waals surface area contributed by atoms with Gasteiger partial charge in [-0.2, -0.15) is 0 Å². The number of carbonyl (C=O) groups excluding carboxylic acids is 1. The highest BCUT2D eigenvalue weighted by molar-refractivity contribution is 5.98. The molecule has 0 aliphatic heterocycles. The third-order valence-electron chi connectivity index (χ3n) is 4.41. The van der Waals surface area contributed by atoms with Crippen LogP contribution in [0.5, 0.6) is 5.75 Å². The molecule has 1 aromatic heterocycles. The highest BCUT2D eigenvalue weighted by Crippen LogP contribution is 2.31. The van der Waals surface area contributed by atoms with E-state index in [1.807, 2.05) is 6.92 Å². The van der Waals surface area contributed by atoms with E-state index in [0.29, 0.717) is 13.0 Å². The van der Waals surface area contributed by atoms with Gasteiger partial charge in [-0.25, -0.2) is 0 Å². The van der Waals surface area contributed by atoms with E-state index in [-0.39, 0.29) is 34.4 Å². The Kier molecular flexibility index (Phi) is 7.05. The number of amides is 1. The Morgan fingerprint density at radius 1 is 1.31 bits per heavy atom. The Hall–Kier alpha value is -3.27. The van der Waals surface area contributed by atoms with Crippen molar-refractivity contribution < 1.29 is 14.6 Å². The van der Waals surface area contributed by atoms with Gasteiger partial charge in [-0.05, 0) is 18.6 Å². The first-order chi connectivity index (χ1) is 13.7. The standard InChI is InChI=1S/C19H27N5O5/c1-6-11(10-29-5)20-15-14(17(26)22-24(4)19(15)28)21-13-9-7-8-12(16(13)25)18(27)23(2)3/h7-9,11,20-21,25H,6,10H2,1-5H3,(H,22,26). The van der Waals surface area contributed by atoms with Gasteiger partial charge in [0.1, 0.15) is 11.4 Å². The molecule has 0 aliphatic carbocycles. The number of methoxy groups -OCH3 is 1. The number of aromatic amines is 1. The van der Waals surface area contributed by atoms with E-state index < -0.39 is 17.0 Å². The molecule has 4 N–H and O–H groups in total. The minimum Gasteiger partial charge on any atom is -0.505 e. The quantitative estimate of drug-likeness (QED) is 0.483. The Morgan fingerprint density at radius 2 is 2.00 bits per heavy atom. The molecule has 2 aromatic rings. The van der Waals surface area contributed by atoms with Crippen molar-refractivity contribution in [2.75, 3.05) is 38.4 Å². The summed E-state index contributed by atoms with van der Waals surface area (Å²) in [5.74, 6) is -0.713. The topological polar surface area (TPSA) is 129 Å². The van der Waals surface area contributed by atoms with Gasteiger partial charge in [0.2, 0.25) is 0 Å². The number of benzene rings is 1. The number of nitrogens with one attached hydrogen (secondary N) is 3. The monoisotopic (exact) mass is 405 g/mol. The maximum Gasteiger partial charge on any atom is 0.290 e. The zero-order chi connectivity index (χ0) is 21.7. The maximum atomic E-state index is 12.7. The summed E-state index contributed by atoms with van der Waals surface area (Å²) in [4.78, 5) is 38.8. The Morgan fingerprint density at radius 3 is 2.59 bits per heavy atom. The first kappa shape index (κ1) is 22.0. The highest BCUT2D eigenvalue weighted by atomic mass is 16.5. The average Bonchev–Trinajstić information content (AvgIpc) is 2.68. The summed E-state index contributed by atoms with van der Waals surface area (Å²) in [5.41, 5.74) is -0.844. The van der Waals surface area contributed by atoms with Crippen LogP contribution in [0.1, 0.15) is 23.7 Å². The van der Waals surface area contributed by atoms with Crippen LogP contribution in [0.15, 0.2) is 27.8 Å². The van der Waals surface area contributed by atoms with Gasteiger partial charge in [-0.3, -0.25) is 24.2 Å². The predicted octanol–water partition coefficient (Wildman–Crippen LogP) is 1.06. The highest BCUT2D eigenvalue weighted by Gasteiger charge is 2.21. The van der Waals surface area contributed by atoms with Crippen molar-refractivity contribution in [3.63, 3.8) is 0 Å². The summed E-state index contributed by atoms with van der Waals surface area (Å²) >= 11 is 0. The minimum atomic E-state index is -0.564. The van der Waals surface area contributed by atoms with E-state index in [9.17, 15) is 19.5 Å². The molecule has 0 saturated carbocycles. The SMILES string of the molecule is CCC(COC)Nc1c(Nc2cccc(C(=O)N(C)C)c2O)c(=O)[nH]n(C)c1=O. The first-order valence-electron chi connectivity index (χ1n) is 9.10. The van der Waals surface area contributed by atoms with Crippen LogP contribution in [0, 0.1) is 0 Å². The second-order valence-electron chi connectivity index (χ2n) is 6.79. The van der Waals surface area contributed by atoms with Crippen molar-refractivity contribution >= 4 is 23.0 Å². The van der Waals surface area contributed by atoms with Gasteiger partial charge >= 0.3 is 0 Å². The molecule has 0 saturated heterocycles. The number of H-pyrrole nitrogens is 1. The van der Waals surface area contributed by atoms with Crippen molar-refractivity contribution in [3.05, 3.63) is 44.5 Å². The normalized spacial score (nSPS) is 11.8. The van der Waals surface area contributed by atoms with Crippen LogP contribution in [0.4, 0.5) is 17.1 Å². The van der Waals surface area contributed by atoms with Crippen LogP contribution >= 0.6 is 0 Å². The largest absolute Gasteiger partial charge is 0.505 e. The molecule has 10 nitrogen and oxygen atoms in total. The lowest BCUT2D eigenvalue weighted by Gasteiger charge is -2.20. The molecule has 10 heteroatoms. The lowest BCUT2D eigenvalue weighted by molar-refractivity contribution is 0.0824. The lowest BCUT2D eigenvalue weighted by atomic mass is 10.1. The maximum absolute atomic E-state index is 12.7. The molecule has 1 amide bonds. The minimum absolute atomic E-state index is 0.0453. The van der Waals surface area contributed by atoms with Crippen LogP contribution in [-0.4, -0.2) is 59.5 Å². The second-order valence-corrected chi connectivity index (χ2v) is 6.79. The van der Waals surface area contributed by atoms with Gasteiger partial charge < -0.3 is 25.4 Å². The summed E-state index contributed by atoms with van der Waals surface area (Å²) in [6.45, 7) is 2.26. The van der Waals surface area contributed by atoms with E-state index >= 15 is 0 Å². The van der Waals surface area contributed by atoms with E-state index in [1.54, 1.807) is 27.3 Å². The Labute approximate surface area is 168 Å². The zero-order valence-electron chi connectivity index (χ0n) is 17.2. The molecule has 0 bridgehead atoms. The van der Waals surface area contributed by atoms with Crippen molar-refractivity contribution in [2.45, 2.75) is 19.4 Å². The summed E-state index contributed by atoms with van der Waals surface area (Å²) in [7, 11) is 6.11. The number of rotatable bonds is 8. The number of aryl methyl sites for hydroxylation is 1. The number of phenols is 1. The molecule has 1 heterocycles. The van der Waals surface area contributed by atoms with E-state index in [1.165, 1.54) is 24.1 Å². The number of carbonyl (C=O) groups is 1. The second kappa shape index (κ2) is 9.28. The molecular weight excluding hydrogens is 378 g/mol. The van der Waals surface area contributed by atoms with Gasteiger partial charge in [-0.1, -0.05) is 13.0 Å². The Bertz CT molecular complexity index is 995. The smallest absolute Gasteiger partial charge is 0.290 e. The van der Waals surface area contributed by atoms with Gasteiger partial charge in [0, 0.05) is 34.3 Å².